The molecule has 3 N–H and O–H groups in total. The number of ether oxygens (including phenoxy) is 2. The Morgan fingerprint density at radius 1 is 1.35 bits per heavy atom. The van der Waals surface area contributed by atoms with E-state index >= 15 is 0 Å². The minimum absolute atomic E-state index is 0.352. The number of halogens is 1. The Morgan fingerprint density at radius 3 is 3.00 bits per heavy atom. The van der Waals surface area contributed by atoms with E-state index in [9.17, 15) is 4.39 Å². The molecule has 0 amide bonds. The largest absolute Gasteiger partial charge is 0.398 e. The van der Waals surface area contributed by atoms with Crippen molar-refractivity contribution in [3.63, 3.8) is 0 Å². The molecule has 20 heavy (non-hydrogen) atoms. The van der Waals surface area contributed by atoms with E-state index in [0.29, 0.717) is 43.3 Å². The Hall–Kier alpha value is -1.92. The monoisotopic (exact) mass is 279 g/mol. The number of rotatable bonds is 7. The second-order valence-electron chi connectivity index (χ2n) is 4.25. The molecule has 0 fully saturated rings. The number of fused-ring (bicyclic) bond motifs is 1. The maximum atomic E-state index is 14.0. The normalized spacial score (nSPS) is 10.9. The molecule has 0 saturated carbocycles. The van der Waals surface area contributed by atoms with E-state index in [1.807, 2.05) is 6.07 Å². The summed E-state index contributed by atoms with van der Waals surface area (Å²) < 4.78 is 24.2. The van der Waals surface area contributed by atoms with Gasteiger partial charge in [-0.1, -0.05) is 0 Å². The SMILES string of the molecule is COCCOCCNc1c(F)cc(N)c2cccnc12. The Balaban J connectivity index is 2.06. The topological polar surface area (TPSA) is 69.4 Å². The second kappa shape index (κ2) is 7.02. The summed E-state index contributed by atoms with van der Waals surface area (Å²) in [4.78, 5) is 4.19. The zero-order valence-corrected chi connectivity index (χ0v) is 11.4. The van der Waals surface area contributed by atoms with E-state index in [1.165, 1.54) is 6.07 Å². The van der Waals surface area contributed by atoms with Gasteiger partial charge in [0.25, 0.3) is 0 Å². The standard InChI is InChI=1S/C14H18FN3O2/c1-19-7-8-20-6-5-18-14-11(15)9-12(16)10-3-2-4-17-13(10)14/h2-4,9,18H,5-8,16H2,1H3. The Bertz CT molecular complexity index is 578. The maximum Gasteiger partial charge on any atom is 0.150 e. The first-order valence-electron chi connectivity index (χ1n) is 6.37. The zero-order valence-electron chi connectivity index (χ0n) is 11.4. The van der Waals surface area contributed by atoms with Crippen LogP contribution < -0.4 is 11.1 Å². The fraction of sp³-hybridized carbons (Fsp3) is 0.357. The van der Waals surface area contributed by atoms with Crippen LogP contribution in [-0.2, 0) is 9.47 Å². The fourth-order valence-corrected chi connectivity index (χ4v) is 1.90. The minimum Gasteiger partial charge on any atom is -0.398 e. The smallest absolute Gasteiger partial charge is 0.150 e. The fourth-order valence-electron chi connectivity index (χ4n) is 1.90. The number of methoxy groups -OCH3 is 1. The predicted molar refractivity (Wildman–Crippen MR) is 77.3 cm³/mol. The number of nitrogens with two attached hydrogens (primary N) is 1. The molecule has 2 rings (SSSR count). The summed E-state index contributed by atoms with van der Waals surface area (Å²) >= 11 is 0. The highest BCUT2D eigenvalue weighted by atomic mass is 19.1. The molecule has 5 nitrogen and oxygen atoms in total. The highest BCUT2D eigenvalue weighted by Crippen LogP contribution is 2.29. The van der Waals surface area contributed by atoms with Gasteiger partial charge in [-0.05, 0) is 18.2 Å². The molecule has 108 valence electrons. The van der Waals surface area contributed by atoms with Gasteiger partial charge in [-0.15, -0.1) is 0 Å². The van der Waals surface area contributed by atoms with Gasteiger partial charge in [-0.25, -0.2) is 4.39 Å². The van der Waals surface area contributed by atoms with Crippen molar-refractivity contribution in [2.75, 3.05) is 44.5 Å². The molecule has 0 atom stereocenters. The quantitative estimate of drug-likeness (QED) is 0.599. The Labute approximate surface area is 116 Å². The van der Waals surface area contributed by atoms with Crippen molar-refractivity contribution in [3.05, 3.63) is 30.2 Å². The highest BCUT2D eigenvalue weighted by Gasteiger charge is 2.11. The molecule has 6 heteroatoms. The lowest BCUT2D eigenvalue weighted by Gasteiger charge is -2.12. The van der Waals surface area contributed by atoms with Gasteiger partial charge in [0, 0.05) is 30.9 Å². The molecular weight excluding hydrogens is 261 g/mol. The lowest BCUT2D eigenvalue weighted by molar-refractivity contribution is 0.0759. The number of anilines is 2. The molecule has 2 aromatic rings. The van der Waals surface area contributed by atoms with Crippen LogP contribution in [0.2, 0.25) is 0 Å². The molecule has 0 spiro atoms. The molecule has 1 aromatic carbocycles. The molecule has 0 aliphatic carbocycles. The molecular formula is C14H18FN3O2. The molecule has 0 unspecified atom stereocenters. The van der Waals surface area contributed by atoms with Crippen molar-refractivity contribution in [3.8, 4) is 0 Å². The van der Waals surface area contributed by atoms with E-state index < -0.39 is 5.82 Å². The van der Waals surface area contributed by atoms with Crippen molar-refractivity contribution in [1.82, 2.24) is 4.98 Å². The van der Waals surface area contributed by atoms with Crippen molar-refractivity contribution >= 4 is 22.3 Å². The Morgan fingerprint density at radius 2 is 2.20 bits per heavy atom. The average Bonchev–Trinajstić information content (AvgIpc) is 2.45. The molecule has 0 radical (unpaired) electrons. The van der Waals surface area contributed by atoms with Gasteiger partial charge in [-0.3, -0.25) is 4.98 Å². The third-order valence-electron chi connectivity index (χ3n) is 2.86. The summed E-state index contributed by atoms with van der Waals surface area (Å²) in [7, 11) is 1.61. The van der Waals surface area contributed by atoms with Crippen LogP contribution in [0.1, 0.15) is 0 Å². The van der Waals surface area contributed by atoms with Crippen LogP contribution in [0, 0.1) is 5.82 Å². The number of pyridine rings is 1. The predicted octanol–water partition coefficient (Wildman–Crippen LogP) is 2.03. The molecule has 0 saturated heterocycles. The number of nitrogen functional groups attached to an aromatic ring is 1. The van der Waals surface area contributed by atoms with E-state index in [4.69, 9.17) is 15.2 Å². The van der Waals surface area contributed by atoms with Crippen LogP contribution in [0.5, 0.6) is 0 Å². The van der Waals surface area contributed by atoms with E-state index in [-0.39, 0.29) is 0 Å². The first-order chi connectivity index (χ1) is 9.74. The molecule has 0 aliphatic rings. The van der Waals surface area contributed by atoms with Crippen LogP contribution in [0.4, 0.5) is 15.8 Å². The van der Waals surface area contributed by atoms with Crippen LogP contribution in [0.15, 0.2) is 24.4 Å². The molecule has 1 aromatic heterocycles. The third-order valence-corrected chi connectivity index (χ3v) is 2.86. The number of hydrogen-bond acceptors (Lipinski definition) is 5. The number of nitrogens with zero attached hydrogens (tertiary/aromatic N) is 1. The van der Waals surface area contributed by atoms with E-state index in [1.54, 1.807) is 19.4 Å². The van der Waals surface area contributed by atoms with Crippen LogP contribution in [-0.4, -0.2) is 38.5 Å². The van der Waals surface area contributed by atoms with Gasteiger partial charge in [0.1, 0.15) is 0 Å². The van der Waals surface area contributed by atoms with Gasteiger partial charge >= 0.3 is 0 Å². The van der Waals surface area contributed by atoms with Gasteiger partial charge in [0.05, 0.1) is 31.0 Å². The molecule has 0 aliphatic heterocycles. The van der Waals surface area contributed by atoms with Gasteiger partial charge in [0.15, 0.2) is 5.82 Å². The second-order valence-corrected chi connectivity index (χ2v) is 4.25. The van der Waals surface area contributed by atoms with Crippen LogP contribution in [0.3, 0.4) is 0 Å². The highest BCUT2D eigenvalue weighted by molar-refractivity contribution is 5.98. The molecule has 1 heterocycles. The number of benzene rings is 1. The van der Waals surface area contributed by atoms with Crippen LogP contribution >= 0.6 is 0 Å². The lowest BCUT2D eigenvalue weighted by Crippen LogP contribution is -2.13. The zero-order chi connectivity index (χ0) is 14.4. The van der Waals surface area contributed by atoms with Crippen molar-refractivity contribution in [2.24, 2.45) is 0 Å². The van der Waals surface area contributed by atoms with E-state index in [2.05, 4.69) is 10.3 Å². The van der Waals surface area contributed by atoms with E-state index in [0.717, 1.165) is 5.39 Å². The summed E-state index contributed by atoms with van der Waals surface area (Å²) in [6.45, 7) is 2.00. The van der Waals surface area contributed by atoms with Crippen molar-refractivity contribution in [1.29, 1.82) is 0 Å². The average molecular weight is 279 g/mol. The minimum atomic E-state index is -0.411. The lowest BCUT2D eigenvalue weighted by atomic mass is 10.1. The van der Waals surface area contributed by atoms with Gasteiger partial charge in [-0.2, -0.15) is 0 Å². The first-order valence-corrected chi connectivity index (χ1v) is 6.37. The summed E-state index contributed by atoms with van der Waals surface area (Å²) in [6, 6.07) is 4.89. The summed E-state index contributed by atoms with van der Waals surface area (Å²) in [5, 5.41) is 3.73. The number of nitrogens with one attached hydrogen (secondary N) is 1. The van der Waals surface area contributed by atoms with Crippen molar-refractivity contribution < 1.29 is 13.9 Å². The summed E-state index contributed by atoms with van der Waals surface area (Å²) in [6.07, 6.45) is 1.61. The molecule has 0 bridgehead atoms. The Kier molecular flexibility index (Phi) is 5.09. The van der Waals surface area contributed by atoms with Gasteiger partial charge < -0.3 is 20.5 Å². The van der Waals surface area contributed by atoms with Crippen LogP contribution in [0.25, 0.3) is 10.9 Å². The van der Waals surface area contributed by atoms with Crippen molar-refractivity contribution in [2.45, 2.75) is 0 Å². The maximum absolute atomic E-state index is 14.0. The number of hydrogen-bond donors (Lipinski definition) is 2. The van der Waals surface area contributed by atoms with Gasteiger partial charge in [0.2, 0.25) is 0 Å². The third kappa shape index (κ3) is 3.34. The summed E-state index contributed by atoms with van der Waals surface area (Å²) in [5.74, 6) is -0.411. The first kappa shape index (κ1) is 14.5. The number of aromatic nitrogens is 1. The summed E-state index contributed by atoms with van der Waals surface area (Å²) in [5.41, 5.74) is 7.05.